The third-order valence-corrected chi connectivity index (χ3v) is 5.42. The van der Waals surface area contributed by atoms with E-state index < -0.39 is 0 Å². The van der Waals surface area contributed by atoms with E-state index in [4.69, 9.17) is 0 Å². The molecule has 0 bridgehead atoms. The van der Waals surface area contributed by atoms with Crippen molar-refractivity contribution in [2.45, 2.75) is 39.5 Å². The normalized spacial score (nSPS) is 11.8. The standard InChI is InChI=1S/C26H26/c1-17(2)19-13-15-20(16-14-19)26-23-11-7-5-9-21(23)25(18(3)4)22-10-6-8-12-24(22)26/h5-18H,1-4H3. The largest absolute Gasteiger partial charge is 0.0616 e. The minimum atomic E-state index is 0.488. The minimum absolute atomic E-state index is 0.488. The lowest BCUT2D eigenvalue weighted by Crippen LogP contribution is -1.95. The Morgan fingerprint density at radius 2 is 0.962 bits per heavy atom. The number of rotatable bonds is 3. The Labute approximate surface area is 156 Å². The molecule has 0 saturated heterocycles. The van der Waals surface area contributed by atoms with Crippen molar-refractivity contribution in [3.05, 3.63) is 83.9 Å². The zero-order chi connectivity index (χ0) is 18.3. The Kier molecular flexibility index (Phi) is 4.28. The SMILES string of the molecule is CC(C)c1ccc(-c2c3ccccc3c(C(C)C)c3ccccc23)cc1. The first kappa shape index (κ1) is 16.8. The first-order chi connectivity index (χ1) is 12.6. The summed E-state index contributed by atoms with van der Waals surface area (Å²) in [4.78, 5) is 0. The van der Waals surface area contributed by atoms with E-state index in [1.807, 2.05) is 0 Å². The molecule has 0 spiro atoms. The van der Waals surface area contributed by atoms with E-state index in [0.29, 0.717) is 11.8 Å². The molecule has 4 aromatic carbocycles. The summed E-state index contributed by atoms with van der Waals surface area (Å²) in [5.74, 6) is 1.04. The molecule has 0 radical (unpaired) electrons. The summed E-state index contributed by atoms with van der Waals surface area (Å²) in [7, 11) is 0. The average Bonchev–Trinajstić information content (AvgIpc) is 2.65. The Morgan fingerprint density at radius 3 is 1.38 bits per heavy atom. The highest BCUT2D eigenvalue weighted by molar-refractivity contribution is 6.15. The molecule has 0 heterocycles. The van der Waals surface area contributed by atoms with Crippen LogP contribution in [0, 0.1) is 0 Å². The molecule has 0 fully saturated rings. The van der Waals surface area contributed by atoms with Crippen LogP contribution in [0.4, 0.5) is 0 Å². The van der Waals surface area contributed by atoms with Gasteiger partial charge in [0.2, 0.25) is 0 Å². The molecule has 0 nitrogen and oxygen atoms in total. The fourth-order valence-corrected chi connectivity index (χ4v) is 4.13. The van der Waals surface area contributed by atoms with E-state index in [9.17, 15) is 0 Å². The van der Waals surface area contributed by atoms with Crippen molar-refractivity contribution in [3.8, 4) is 11.1 Å². The van der Waals surface area contributed by atoms with Crippen molar-refractivity contribution in [3.63, 3.8) is 0 Å². The van der Waals surface area contributed by atoms with Crippen LogP contribution in [-0.2, 0) is 0 Å². The van der Waals surface area contributed by atoms with E-state index in [0.717, 1.165) is 0 Å². The molecule has 0 aliphatic heterocycles. The molecule has 4 aromatic rings. The highest BCUT2D eigenvalue weighted by atomic mass is 14.2. The van der Waals surface area contributed by atoms with Crippen LogP contribution in [0.15, 0.2) is 72.8 Å². The highest BCUT2D eigenvalue weighted by Gasteiger charge is 2.16. The third-order valence-electron chi connectivity index (χ3n) is 5.42. The van der Waals surface area contributed by atoms with Gasteiger partial charge in [0.15, 0.2) is 0 Å². The van der Waals surface area contributed by atoms with Crippen LogP contribution in [-0.4, -0.2) is 0 Å². The van der Waals surface area contributed by atoms with Crippen LogP contribution in [0.3, 0.4) is 0 Å². The molecule has 0 aliphatic rings. The molecule has 0 unspecified atom stereocenters. The number of hydrogen-bond acceptors (Lipinski definition) is 0. The number of benzene rings is 4. The van der Waals surface area contributed by atoms with Crippen LogP contribution < -0.4 is 0 Å². The molecule has 0 heteroatoms. The summed E-state index contributed by atoms with van der Waals surface area (Å²) in [6, 6.07) is 26.9. The van der Waals surface area contributed by atoms with E-state index in [2.05, 4.69) is 100 Å². The summed E-state index contributed by atoms with van der Waals surface area (Å²) >= 11 is 0. The van der Waals surface area contributed by atoms with Crippen molar-refractivity contribution in [2.24, 2.45) is 0 Å². The van der Waals surface area contributed by atoms with Crippen molar-refractivity contribution < 1.29 is 0 Å². The minimum Gasteiger partial charge on any atom is -0.0616 e. The van der Waals surface area contributed by atoms with Crippen molar-refractivity contribution in [1.29, 1.82) is 0 Å². The van der Waals surface area contributed by atoms with Gasteiger partial charge in [0.1, 0.15) is 0 Å². The summed E-state index contributed by atoms with van der Waals surface area (Å²) < 4.78 is 0. The van der Waals surface area contributed by atoms with Gasteiger partial charge in [-0.3, -0.25) is 0 Å². The first-order valence-electron chi connectivity index (χ1n) is 9.61. The van der Waals surface area contributed by atoms with Crippen molar-refractivity contribution in [2.75, 3.05) is 0 Å². The van der Waals surface area contributed by atoms with Gasteiger partial charge in [0.05, 0.1) is 0 Å². The molecule has 26 heavy (non-hydrogen) atoms. The summed E-state index contributed by atoms with van der Waals surface area (Å²) in [6.07, 6.45) is 0. The predicted molar refractivity (Wildman–Crippen MR) is 115 cm³/mol. The van der Waals surface area contributed by atoms with Crippen molar-refractivity contribution >= 4 is 21.5 Å². The van der Waals surface area contributed by atoms with Crippen LogP contribution in [0.25, 0.3) is 32.7 Å². The smallest absolute Gasteiger partial charge is 0.00266 e. The van der Waals surface area contributed by atoms with Gasteiger partial charge >= 0.3 is 0 Å². The van der Waals surface area contributed by atoms with Crippen LogP contribution in [0.1, 0.15) is 50.7 Å². The maximum Gasteiger partial charge on any atom is -0.00266 e. The highest BCUT2D eigenvalue weighted by Crippen LogP contribution is 2.41. The Morgan fingerprint density at radius 1 is 0.500 bits per heavy atom. The molecule has 0 saturated carbocycles. The second kappa shape index (κ2) is 6.61. The molecule has 0 amide bonds. The fourth-order valence-electron chi connectivity index (χ4n) is 4.13. The Hall–Kier alpha value is -2.60. The fraction of sp³-hybridized carbons (Fsp3) is 0.231. The van der Waals surface area contributed by atoms with E-state index in [1.54, 1.807) is 0 Å². The summed E-state index contributed by atoms with van der Waals surface area (Å²) in [5, 5.41) is 5.47. The lowest BCUT2D eigenvalue weighted by Gasteiger charge is -2.19. The van der Waals surface area contributed by atoms with Crippen LogP contribution in [0.5, 0.6) is 0 Å². The zero-order valence-electron chi connectivity index (χ0n) is 16.1. The van der Waals surface area contributed by atoms with Gasteiger partial charge in [-0.1, -0.05) is 100 Å². The van der Waals surface area contributed by atoms with E-state index in [1.165, 1.54) is 43.8 Å². The molecule has 0 aromatic heterocycles. The predicted octanol–water partition coefficient (Wildman–Crippen LogP) is 7.91. The van der Waals surface area contributed by atoms with E-state index in [-0.39, 0.29) is 0 Å². The molecule has 4 rings (SSSR count). The molecule has 0 aliphatic carbocycles. The monoisotopic (exact) mass is 338 g/mol. The molecule has 0 N–H and O–H groups in total. The van der Waals surface area contributed by atoms with Gasteiger partial charge < -0.3 is 0 Å². The van der Waals surface area contributed by atoms with Crippen molar-refractivity contribution in [1.82, 2.24) is 0 Å². The Balaban J connectivity index is 2.12. The average molecular weight is 338 g/mol. The summed E-state index contributed by atoms with van der Waals surface area (Å²) in [6.45, 7) is 9.09. The zero-order valence-corrected chi connectivity index (χ0v) is 16.1. The molecule has 130 valence electrons. The topological polar surface area (TPSA) is 0 Å². The Bertz CT molecular complexity index is 1010. The van der Waals surface area contributed by atoms with Gasteiger partial charge in [-0.05, 0) is 55.6 Å². The second-order valence-electron chi connectivity index (χ2n) is 7.81. The number of fused-ring (bicyclic) bond motifs is 2. The lowest BCUT2D eigenvalue weighted by atomic mass is 9.84. The lowest BCUT2D eigenvalue weighted by molar-refractivity contribution is 0.867. The summed E-state index contributed by atoms with van der Waals surface area (Å²) in [5.41, 5.74) is 5.51. The molecular formula is C26H26. The van der Waals surface area contributed by atoms with Crippen LogP contribution >= 0.6 is 0 Å². The number of hydrogen-bond donors (Lipinski definition) is 0. The second-order valence-corrected chi connectivity index (χ2v) is 7.81. The van der Waals surface area contributed by atoms with Gasteiger partial charge in [-0.25, -0.2) is 0 Å². The maximum atomic E-state index is 2.30. The van der Waals surface area contributed by atoms with Gasteiger partial charge in [-0.2, -0.15) is 0 Å². The van der Waals surface area contributed by atoms with Gasteiger partial charge in [0.25, 0.3) is 0 Å². The molecular weight excluding hydrogens is 312 g/mol. The van der Waals surface area contributed by atoms with Gasteiger partial charge in [-0.15, -0.1) is 0 Å². The molecule has 0 atom stereocenters. The quantitative estimate of drug-likeness (QED) is 0.333. The van der Waals surface area contributed by atoms with Gasteiger partial charge in [0, 0.05) is 0 Å². The van der Waals surface area contributed by atoms with E-state index >= 15 is 0 Å². The maximum absolute atomic E-state index is 2.30. The third kappa shape index (κ3) is 2.70. The first-order valence-corrected chi connectivity index (χ1v) is 9.61. The van der Waals surface area contributed by atoms with Crippen LogP contribution in [0.2, 0.25) is 0 Å².